The molecule has 0 bridgehead atoms. The van der Waals surface area contributed by atoms with Gasteiger partial charge in [0.25, 0.3) is 0 Å². The van der Waals surface area contributed by atoms with Gasteiger partial charge in [0.15, 0.2) is 0 Å². The van der Waals surface area contributed by atoms with E-state index in [1.807, 2.05) is 20.1 Å². The van der Waals surface area contributed by atoms with Crippen LogP contribution in [0.4, 0.5) is 0 Å². The van der Waals surface area contributed by atoms with Gasteiger partial charge in [-0.25, -0.2) is 4.79 Å². The Morgan fingerprint density at radius 1 is 0.895 bits per heavy atom. The monoisotopic (exact) mass is 553 g/mol. The van der Waals surface area contributed by atoms with Crippen LogP contribution in [-0.2, 0) is 25.6 Å². The van der Waals surface area contributed by atoms with Gasteiger partial charge in [0.2, 0.25) is 17.7 Å². The first-order chi connectivity index (χ1) is 18.0. The first kappa shape index (κ1) is 33.2. The van der Waals surface area contributed by atoms with Crippen LogP contribution < -0.4 is 27.4 Å². The molecule has 3 amide bonds. The Bertz CT molecular complexity index is 899. The zero-order chi connectivity index (χ0) is 28.7. The van der Waals surface area contributed by atoms with Crippen LogP contribution in [0.5, 0.6) is 5.75 Å². The number of hydrogen-bond acceptors (Lipinski definition) is 8. The second-order valence-electron chi connectivity index (χ2n) is 9.69. The Morgan fingerprint density at radius 3 is 1.97 bits per heavy atom. The van der Waals surface area contributed by atoms with Crippen LogP contribution in [0.25, 0.3) is 0 Å². The van der Waals surface area contributed by atoms with E-state index in [1.165, 1.54) is 23.9 Å². The van der Waals surface area contributed by atoms with Crippen LogP contribution in [0, 0.1) is 5.92 Å². The fourth-order valence-corrected chi connectivity index (χ4v) is 4.23. The molecule has 0 heterocycles. The van der Waals surface area contributed by atoms with E-state index < -0.39 is 47.9 Å². The third-order valence-corrected chi connectivity index (χ3v) is 6.52. The maximum Gasteiger partial charge on any atom is 0.326 e. The van der Waals surface area contributed by atoms with Crippen LogP contribution >= 0.6 is 11.8 Å². The summed E-state index contributed by atoms with van der Waals surface area (Å²) in [7, 11) is 0. The number of hydrogen-bond donors (Lipinski definition) is 7. The van der Waals surface area contributed by atoms with Crippen molar-refractivity contribution in [2.24, 2.45) is 17.4 Å². The fraction of sp³-hybridized carbons (Fsp3) is 0.615. The van der Waals surface area contributed by atoms with Crippen molar-refractivity contribution in [2.45, 2.75) is 76.5 Å². The average Bonchev–Trinajstić information content (AvgIpc) is 2.86. The van der Waals surface area contributed by atoms with Crippen LogP contribution in [0.15, 0.2) is 24.3 Å². The topological polar surface area (TPSA) is 197 Å². The molecular weight excluding hydrogens is 510 g/mol. The minimum Gasteiger partial charge on any atom is -0.508 e. The molecule has 0 saturated carbocycles. The highest BCUT2D eigenvalue weighted by molar-refractivity contribution is 7.98. The summed E-state index contributed by atoms with van der Waals surface area (Å²) in [6.07, 6.45) is 4.11. The summed E-state index contributed by atoms with van der Waals surface area (Å²) in [6, 6.07) is 2.39. The molecule has 1 aromatic rings. The molecule has 0 radical (unpaired) electrons. The van der Waals surface area contributed by atoms with Crippen molar-refractivity contribution in [3.05, 3.63) is 29.8 Å². The quantitative estimate of drug-likeness (QED) is 0.128. The molecule has 11 nitrogen and oxygen atoms in total. The number of thioether (sulfide) groups is 1. The number of rotatable bonds is 18. The van der Waals surface area contributed by atoms with E-state index in [0.29, 0.717) is 31.6 Å². The summed E-state index contributed by atoms with van der Waals surface area (Å²) in [4.78, 5) is 50.7. The Balaban J connectivity index is 2.95. The lowest BCUT2D eigenvalue weighted by Gasteiger charge is -2.25. The van der Waals surface area contributed by atoms with E-state index in [9.17, 15) is 29.4 Å². The first-order valence-electron chi connectivity index (χ1n) is 12.8. The van der Waals surface area contributed by atoms with Gasteiger partial charge < -0.3 is 37.6 Å². The minimum absolute atomic E-state index is 0.0450. The number of carboxylic acid groups (broad SMARTS) is 1. The Hall–Kier alpha value is -2.83. The molecular formula is C26H43N5O6S. The third kappa shape index (κ3) is 12.6. The summed E-state index contributed by atoms with van der Waals surface area (Å²) in [6.45, 7) is 4.14. The number of carbonyl (C=O) groups excluding carboxylic acids is 3. The van der Waals surface area contributed by atoms with Crippen molar-refractivity contribution < 1.29 is 29.4 Å². The number of phenolic OH excluding ortho intramolecular Hbond substituents is 1. The van der Waals surface area contributed by atoms with Gasteiger partial charge in [-0.3, -0.25) is 14.4 Å². The molecule has 0 aliphatic carbocycles. The Kier molecular flexibility index (Phi) is 15.4. The normalized spacial score (nSPS) is 14.3. The molecule has 0 fully saturated rings. The lowest BCUT2D eigenvalue weighted by Crippen LogP contribution is -2.57. The number of carbonyl (C=O) groups is 4. The second kappa shape index (κ2) is 17.6. The van der Waals surface area contributed by atoms with Crippen molar-refractivity contribution in [1.82, 2.24) is 16.0 Å². The standard InChI is InChI=1S/C26H43N5O6S/c1-16(2)14-22(26(36)37)31-25(35)21(11-13-38-3)30-24(34)20(6-4-5-12-27)29-23(33)19(28)15-17-7-9-18(32)10-8-17/h7-10,16,19-22,32H,4-6,11-15,27-28H2,1-3H3,(H,29,33)(H,30,34)(H,31,35)(H,36,37). The average molecular weight is 554 g/mol. The molecule has 0 spiro atoms. The number of amides is 3. The van der Waals surface area contributed by atoms with Gasteiger partial charge in [-0.05, 0) is 80.7 Å². The third-order valence-electron chi connectivity index (χ3n) is 5.87. The number of nitrogens with two attached hydrogens (primary N) is 2. The van der Waals surface area contributed by atoms with Crippen molar-refractivity contribution in [2.75, 3.05) is 18.6 Å². The molecule has 0 aliphatic heterocycles. The van der Waals surface area contributed by atoms with E-state index in [1.54, 1.807) is 12.1 Å². The maximum absolute atomic E-state index is 13.2. The van der Waals surface area contributed by atoms with Crippen LogP contribution in [-0.4, -0.2) is 76.6 Å². The van der Waals surface area contributed by atoms with Crippen molar-refractivity contribution >= 4 is 35.5 Å². The van der Waals surface area contributed by atoms with Gasteiger partial charge in [-0.2, -0.15) is 11.8 Å². The van der Waals surface area contributed by atoms with Gasteiger partial charge in [0, 0.05) is 0 Å². The largest absolute Gasteiger partial charge is 0.508 e. The summed E-state index contributed by atoms with van der Waals surface area (Å²) < 4.78 is 0. The lowest BCUT2D eigenvalue weighted by atomic mass is 10.0. The van der Waals surface area contributed by atoms with Gasteiger partial charge in [0.1, 0.15) is 23.9 Å². The molecule has 1 rings (SSSR count). The Labute approximate surface area is 228 Å². The SMILES string of the molecule is CSCCC(NC(=O)C(CCCCN)NC(=O)C(N)Cc1ccc(O)cc1)C(=O)NC(CC(C)C)C(=O)O. The predicted molar refractivity (Wildman–Crippen MR) is 149 cm³/mol. The van der Waals surface area contributed by atoms with Crippen LogP contribution in [0.3, 0.4) is 0 Å². The highest BCUT2D eigenvalue weighted by Gasteiger charge is 2.30. The number of unbranched alkanes of at least 4 members (excludes halogenated alkanes) is 1. The number of carboxylic acids is 1. The van der Waals surface area contributed by atoms with E-state index in [0.717, 1.165) is 5.56 Å². The molecule has 9 N–H and O–H groups in total. The number of phenols is 1. The predicted octanol–water partition coefficient (Wildman–Crippen LogP) is 0.729. The van der Waals surface area contributed by atoms with Crippen molar-refractivity contribution in [1.29, 1.82) is 0 Å². The lowest BCUT2D eigenvalue weighted by molar-refractivity contribution is -0.142. The molecule has 12 heteroatoms. The Morgan fingerprint density at radius 2 is 1.45 bits per heavy atom. The maximum atomic E-state index is 13.2. The number of benzene rings is 1. The molecule has 214 valence electrons. The summed E-state index contributed by atoms with van der Waals surface area (Å²) in [5.74, 6) is -2.11. The molecule has 0 aliphatic rings. The van der Waals surface area contributed by atoms with Crippen LogP contribution in [0.2, 0.25) is 0 Å². The molecule has 38 heavy (non-hydrogen) atoms. The highest BCUT2D eigenvalue weighted by atomic mass is 32.2. The fourth-order valence-electron chi connectivity index (χ4n) is 3.76. The molecule has 1 aromatic carbocycles. The van der Waals surface area contributed by atoms with E-state index >= 15 is 0 Å². The molecule has 0 saturated heterocycles. The minimum atomic E-state index is -1.14. The van der Waals surface area contributed by atoms with Crippen molar-refractivity contribution in [3.63, 3.8) is 0 Å². The van der Waals surface area contributed by atoms with E-state index in [-0.39, 0.29) is 30.9 Å². The van der Waals surface area contributed by atoms with Gasteiger partial charge in [-0.1, -0.05) is 26.0 Å². The van der Waals surface area contributed by atoms with Crippen LogP contribution in [0.1, 0.15) is 51.5 Å². The number of nitrogens with one attached hydrogen (secondary N) is 3. The van der Waals surface area contributed by atoms with Crippen molar-refractivity contribution in [3.8, 4) is 5.75 Å². The molecule has 0 aromatic heterocycles. The molecule has 4 unspecified atom stereocenters. The summed E-state index contributed by atoms with van der Waals surface area (Å²) >= 11 is 1.49. The zero-order valence-corrected chi connectivity index (χ0v) is 23.3. The highest BCUT2D eigenvalue weighted by Crippen LogP contribution is 2.12. The first-order valence-corrected chi connectivity index (χ1v) is 14.2. The smallest absolute Gasteiger partial charge is 0.326 e. The van der Waals surface area contributed by atoms with Gasteiger partial charge in [-0.15, -0.1) is 0 Å². The summed E-state index contributed by atoms with van der Waals surface area (Å²) in [5.41, 5.74) is 12.4. The molecule has 4 atom stereocenters. The van der Waals surface area contributed by atoms with E-state index in [4.69, 9.17) is 11.5 Å². The van der Waals surface area contributed by atoms with E-state index in [2.05, 4.69) is 16.0 Å². The zero-order valence-electron chi connectivity index (χ0n) is 22.4. The van der Waals surface area contributed by atoms with Gasteiger partial charge >= 0.3 is 5.97 Å². The second-order valence-corrected chi connectivity index (χ2v) is 10.7. The number of aliphatic carboxylic acids is 1. The number of aromatic hydroxyl groups is 1. The summed E-state index contributed by atoms with van der Waals surface area (Å²) in [5, 5.41) is 26.9. The van der Waals surface area contributed by atoms with Gasteiger partial charge in [0.05, 0.1) is 6.04 Å².